The number of carbonyl (C=O) groups excluding carboxylic acids is 1. The fourth-order valence-electron chi connectivity index (χ4n) is 2.62. The summed E-state index contributed by atoms with van der Waals surface area (Å²) in [5.41, 5.74) is 0. The zero-order chi connectivity index (χ0) is 10.7. The number of Topliss-reactive ketones (excluding diaryl/α,β-unsaturated/α-hetero) is 1. The van der Waals surface area contributed by atoms with E-state index in [-0.39, 0.29) is 6.04 Å². The highest BCUT2D eigenvalue weighted by molar-refractivity contribution is 8.00. The number of hydrogen-bond donors (Lipinski definition) is 0. The lowest BCUT2D eigenvalue weighted by atomic mass is 9.92. The minimum Gasteiger partial charge on any atom is -0.298 e. The van der Waals surface area contributed by atoms with Crippen molar-refractivity contribution < 1.29 is 4.79 Å². The monoisotopic (exact) mass is 227 g/mol. The molecule has 0 N–H and O–H groups in total. The maximum atomic E-state index is 11.8. The Kier molecular flexibility index (Phi) is 4.09. The Morgan fingerprint density at radius 3 is 3.07 bits per heavy atom. The average molecular weight is 227 g/mol. The van der Waals surface area contributed by atoms with Gasteiger partial charge in [-0.15, -0.1) is 0 Å². The zero-order valence-corrected chi connectivity index (χ0v) is 10.4. The summed E-state index contributed by atoms with van der Waals surface area (Å²) < 4.78 is 0. The zero-order valence-electron chi connectivity index (χ0n) is 9.58. The topological polar surface area (TPSA) is 20.3 Å². The number of rotatable bonds is 2. The molecule has 0 spiro atoms. The van der Waals surface area contributed by atoms with Gasteiger partial charge in [0.05, 0.1) is 6.04 Å². The summed E-state index contributed by atoms with van der Waals surface area (Å²) in [5, 5.41) is 0.758. The Morgan fingerprint density at radius 1 is 1.47 bits per heavy atom. The van der Waals surface area contributed by atoms with Crippen LogP contribution in [0.4, 0.5) is 0 Å². The van der Waals surface area contributed by atoms with Gasteiger partial charge in [0.1, 0.15) is 5.78 Å². The van der Waals surface area contributed by atoms with Gasteiger partial charge in [-0.25, -0.2) is 0 Å². The van der Waals surface area contributed by atoms with Gasteiger partial charge in [-0.2, -0.15) is 11.8 Å². The molecule has 2 fully saturated rings. The van der Waals surface area contributed by atoms with E-state index in [1.807, 2.05) is 0 Å². The fourth-order valence-corrected chi connectivity index (χ4v) is 3.83. The largest absolute Gasteiger partial charge is 0.298 e. The second-order valence-corrected chi connectivity index (χ2v) is 6.03. The van der Waals surface area contributed by atoms with E-state index < -0.39 is 0 Å². The predicted molar refractivity (Wildman–Crippen MR) is 65.4 cm³/mol. The Bertz CT molecular complexity index is 232. The lowest BCUT2D eigenvalue weighted by Crippen LogP contribution is -2.49. The highest BCUT2D eigenvalue weighted by Gasteiger charge is 2.31. The summed E-state index contributed by atoms with van der Waals surface area (Å²) in [6.07, 6.45) is 5.54. The van der Waals surface area contributed by atoms with Gasteiger partial charge >= 0.3 is 0 Å². The smallest absolute Gasteiger partial charge is 0.149 e. The molecule has 2 nitrogen and oxygen atoms in total. The van der Waals surface area contributed by atoms with E-state index in [9.17, 15) is 4.79 Å². The first-order valence-electron chi connectivity index (χ1n) is 6.19. The van der Waals surface area contributed by atoms with E-state index in [1.165, 1.54) is 18.6 Å². The van der Waals surface area contributed by atoms with E-state index in [0.717, 1.165) is 37.6 Å². The summed E-state index contributed by atoms with van der Waals surface area (Å²) in [4.78, 5) is 14.3. The molecule has 15 heavy (non-hydrogen) atoms. The van der Waals surface area contributed by atoms with Gasteiger partial charge in [-0.3, -0.25) is 9.69 Å². The highest BCUT2D eigenvalue weighted by Crippen LogP contribution is 2.26. The predicted octanol–water partition coefficient (Wildman–Crippen LogP) is 2.33. The van der Waals surface area contributed by atoms with E-state index in [0.29, 0.717) is 5.78 Å². The molecule has 0 aromatic carbocycles. The van der Waals surface area contributed by atoms with Crippen LogP contribution in [0.1, 0.15) is 39.0 Å². The molecule has 0 bridgehead atoms. The van der Waals surface area contributed by atoms with Crippen LogP contribution in [0.5, 0.6) is 0 Å². The first-order valence-corrected chi connectivity index (χ1v) is 7.24. The van der Waals surface area contributed by atoms with Crippen LogP contribution in [0.3, 0.4) is 0 Å². The normalized spacial score (nSPS) is 34.3. The fraction of sp³-hybridized carbons (Fsp3) is 0.917. The third-order valence-electron chi connectivity index (χ3n) is 3.59. The van der Waals surface area contributed by atoms with Crippen molar-refractivity contribution in [2.24, 2.45) is 0 Å². The van der Waals surface area contributed by atoms with Gasteiger partial charge in [-0.1, -0.05) is 13.3 Å². The Balaban J connectivity index is 1.93. The average Bonchev–Trinajstić information content (AvgIpc) is 2.30. The molecular weight excluding hydrogens is 206 g/mol. The molecule has 2 unspecified atom stereocenters. The molecule has 3 heteroatoms. The molecule has 0 aromatic rings. The second kappa shape index (κ2) is 5.35. The van der Waals surface area contributed by atoms with E-state index in [1.54, 1.807) is 0 Å². The van der Waals surface area contributed by atoms with Crippen molar-refractivity contribution >= 4 is 17.5 Å². The van der Waals surface area contributed by atoms with Gasteiger partial charge in [0.25, 0.3) is 0 Å². The van der Waals surface area contributed by atoms with Crippen LogP contribution in [0.15, 0.2) is 0 Å². The van der Waals surface area contributed by atoms with Gasteiger partial charge in [0.2, 0.25) is 0 Å². The Labute approximate surface area is 96.8 Å². The lowest BCUT2D eigenvalue weighted by molar-refractivity contribution is -0.126. The molecule has 1 aliphatic carbocycles. The third kappa shape index (κ3) is 2.76. The van der Waals surface area contributed by atoms with Crippen LogP contribution >= 0.6 is 11.8 Å². The van der Waals surface area contributed by atoms with Crippen molar-refractivity contribution in [1.29, 1.82) is 0 Å². The van der Waals surface area contributed by atoms with Crippen molar-refractivity contribution in [3.05, 3.63) is 0 Å². The lowest BCUT2D eigenvalue weighted by Gasteiger charge is -2.38. The molecule has 1 saturated heterocycles. The number of hydrogen-bond acceptors (Lipinski definition) is 3. The van der Waals surface area contributed by atoms with Crippen LogP contribution in [0.25, 0.3) is 0 Å². The van der Waals surface area contributed by atoms with Gasteiger partial charge in [0.15, 0.2) is 0 Å². The minimum absolute atomic E-state index is 0.272. The van der Waals surface area contributed by atoms with Crippen LogP contribution < -0.4 is 0 Å². The number of carbonyl (C=O) groups is 1. The highest BCUT2D eigenvalue weighted by atomic mass is 32.2. The van der Waals surface area contributed by atoms with Gasteiger partial charge < -0.3 is 0 Å². The van der Waals surface area contributed by atoms with Crippen molar-refractivity contribution in [3.63, 3.8) is 0 Å². The number of thioether (sulfide) groups is 1. The molecular formula is C12H21NOS. The van der Waals surface area contributed by atoms with Crippen molar-refractivity contribution in [2.75, 3.05) is 18.8 Å². The maximum absolute atomic E-state index is 11.8. The van der Waals surface area contributed by atoms with Crippen LogP contribution in [0.2, 0.25) is 0 Å². The maximum Gasteiger partial charge on any atom is 0.149 e. The summed E-state index contributed by atoms with van der Waals surface area (Å²) in [5.74, 6) is 1.71. The first-order chi connectivity index (χ1) is 7.31. The molecule has 2 rings (SSSR count). The standard InChI is InChI=1S/C12H21NOS/c1-2-10-9-13(7-8-15-10)11-5-3-4-6-12(11)14/h10-11H,2-9H2,1H3. The molecule has 1 saturated carbocycles. The van der Waals surface area contributed by atoms with Crippen LogP contribution in [-0.4, -0.2) is 40.8 Å². The summed E-state index contributed by atoms with van der Waals surface area (Å²) in [6.45, 7) is 4.51. The molecule has 2 aliphatic rings. The Hall–Kier alpha value is -0.0200. The quantitative estimate of drug-likeness (QED) is 0.722. The van der Waals surface area contributed by atoms with Crippen molar-refractivity contribution in [3.8, 4) is 0 Å². The molecule has 0 aromatic heterocycles. The molecule has 1 heterocycles. The summed E-state index contributed by atoms with van der Waals surface area (Å²) in [7, 11) is 0. The SMILES string of the molecule is CCC1CN(C2CCCCC2=O)CCS1. The summed E-state index contributed by atoms with van der Waals surface area (Å²) >= 11 is 2.08. The van der Waals surface area contributed by atoms with E-state index >= 15 is 0 Å². The van der Waals surface area contributed by atoms with E-state index in [4.69, 9.17) is 0 Å². The van der Waals surface area contributed by atoms with Crippen LogP contribution in [-0.2, 0) is 4.79 Å². The van der Waals surface area contributed by atoms with E-state index in [2.05, 4.69) is 23.6 Å². The number of ketones is 1. The second-order valence-electron chi connectivity index (χ2n) is 4.62. The van der Waals surface area contributed by atoms with Crippen molar-refractivity contribution in [2.45, 2.75) is 50.3 Å². The van der Waals surface area contributed by atoms with Crippen LogP contribution in [0, 0.1) is 0 Å². The molecule has 1 aliphatic heterocycles. The minimum atomic E-state index is 0.272. The summed E-state index contributed by atoms with van der Waals surface area (Å²) in [6, 6.07) is 0.272. The molecule has 86 valence electrons. The van der Waals surface area contributed by atoms with Gasteiger partial charge in [0, 0.05) is 30.5 Å². The molecule has 2 atom stereocenters. The van der Waals surface area contributed by atoms with Gasteiger partial charge in [-0.05, 0) is 19.3 Å². The van der Waals surface area contributed by atoms with Crippen molar-refractivity contribution in [1.82, 2.24) is 4.90 Å². The third-order valence-corrected chi connectivity index (χ3v) is 4.96. The molecule has 0 radical (unpaired) electrons. The first kappa shape index (κ1) is 11.5. The molecule has 0 amide bonds. The number of nitrogens with zero attached hydrogens (tertiary/aromatic N) is 1. The Morgan fingerprint density at radius 2 is 2.33 bits per heavy atom.